The third-order valence-electron chi connectivity index (χ3n) is 6.91. The molecule has 2 heterocycles. The van der Waals surface area contributed by atoms with E-state index in [0.29, 0.717) is 47.8 Å². The lowest BCUT2D eigenvalue weighted by molar-refractivity contribution is 0.0857. The number of β-amino-alcohol motifs (C(OH)–C–C–N with tert-alkyl or cyclic N) is 1. The molecule has 1 fully saturated rings. The molecule has 1 saturated carbocycles. The normalized spacial score (nSPS) is 18.3. The summed E-state index contributed by atoms with van der Waals surface area (Å²) in [6.07, 6.45) is 2.36. The van der Waals surface area contributed by atoms with E-state index in [1.54, 1.807) is 12.1 Å². The van der Waals surface area contributed by atoms with Crippen molar-refractivity contribution in [3.05, 3.63) is 82.9 Å². The molecule has 1 N–H and O–H groups in total. The topological polar surface area (TPSA) is 71.9 Å². The van der Waals surface area contributed by atoms with E-state index in [9.17, 15) is 14.3 Å². The maximum atomic E-state index is 13.8. The van der Waals surface area contributed by atoms with Gasteiger partial charge in [0.05, 0.1) is 24.6 Å². The Balaban J connectivity index is 1.66. The first-order valence-corrected chi connectivity index (χ1v) is 12.1. The zero-order valence-corrected chi connectivity index (χ0v) is 19.7. The van der Waals surface area contributed by atoms with Gasteiger partial charge in [-0.05, 0) is 36.1 Å². The Bertz CT molecular complexity index is 1190. The summed E-state index contributed by atoms with van der Waals surface area (Å²) in [5.74, 6) is 0.0863. The lowest BCUT2D eigenvalue weighted by Gasteiger charge is -2.34. The Morgan fingerprint density at radius 1 is 1.11 bits per heavy atom. The van der Waals surface area contributed by atoms with Gasteiger partial charge in [-0.2, -0.15) is 0 Å². The highest BCUT2D eigenvalue weighted by molar-refractivity contribution is 5.80. The number of aliphatic hydroxyl groups is 1. The van der Waals surface area contributed by atoms with Crippen LogP contribution in [-0.2, 0) is 17.8 Å². The predicted octanol–water partition coefficient (Wildman–Crippen LogP) is 5.74. The van der Waals surface area contributed by atoms with Gasteiger partial charge in [-0.15, -0.1) is 0 Å². The summed E-state index contributed by atoms with van der Waals surface area (Å²) in [4.78, 5) is 19.5. The number of ether oxygens (including phenoxy) is 2. The van der Waals surface area contributed by atoms with Gasteiger partial charge >= 0.3 is 6.16 Å². The summed E-state index contributed by atoms with van der Waals surface area (Å²) in [7, 11) is 1.26. The summed E-state index contributed by atoms with van der Waals surface area (Å²) in [6.45, 7) is 1.63. The molecule has 0 radical (unpaired) electrons. The monoisotopic (exact) mass is 476 g/mol. The molecule has 1 aliphatic carbocycles. The summed E-state index contributed by atoms with van der Waals surface area (Å²) in [6, 6.07) is 16.2. The van der Waals surface area contributed by atoms with Crippen LogP contribution in [0.3, 0.4) is 0 Å². The number of aliphatic hydroxyl groups excluding tert-OH is 1. The number of pyridine rings is 1. The van der Waals surface area contributed by atoms with E-state index in [2.05, 4.69) is 17.0 Å². The molecule has 1 aliphatic heterocycles. The highest BCUT2D eigenvalue weighted by Gasteiger charge is 2.35. The average molecular weight is 477 g/mol. The highest BCUT2D eigenvalue weighted by atomic mass is 19.1. The largest absolute Gasteiger partial charge is 0.513 e. The van der Waals surface area contributed by atoms with Crippen LogP contribution in [0.4, 0.5) is 9.18 Å². The van der Waals surface area contributed by atoms with Crippen LogP contribution in [0.5, 0.6) is 5.75 Å². The highest BCUT2D eigenvalue weighted by Crippen LogP contribution is 2.47. The van der Waals surface area contributed by atoms with E-state index in [1.165, 1.54) is 19.2 Å². The fourth-order valence-electron chi connectivity index (χ4n) is 5.31. The standard InChI is InChI=1S/C28H29FN2O4/c1-34-28(33)35-27-24(19-11-13-21(29)14-12-19)25-22(30-26(27)20-9-5-6-10-20)16-31(17-23(25)32)15-18-7-3-2-4-8-18/h2-4,7-8,11-14,20,23,32H,5-6,9-10,15-17H2,1H3. The van der Waals surface area contributed by atoms with E-state index < -0.39 is 12.3 Å². The molecular formula is C28H29FN2O4. The Morgan fingerprint density at radius 2 is 1.83 bits per heavy atom. The van der Waals surface area contributed by atoms with E-state index >= 15 is 0 Å². The second-order valence-electron chi connectivity index (χ2n) is 9.28. The van der Waals surface area contributed by atoms with Crippen molar-refractivity contribution in [1.29, 1.82) is 0 Å². The molecule has 7 heteroatoms. The third-order valence-corrected chi connectivity index (χ3v) is 6.91. The minimum Gasteiger partial charge on any atom is -0.437 e. The van der Waals surface area contributed by atoms with Crippen LogP contribution in [0.15, 0.2) is 54.6 Å². The van der Waals surface area contributed by atoms with Gasteiger partial charge < -0.3 is 14.6 Å². The molecule has 5 rings (SSSR count). The lowest BCUT2D eigenvalue weighted by Crippen LogP contribution is -2.35. The van der Waals surface area contributed by atoms with Gasteiger partial charge in [-0.3, -0.25) is 9.88 Å². The Morgan fingerprint density at radius 3 is 2.51 bits per heavy atom. The number of aromatic nitrogens is 1. The summed E-state index contributed by atoms with van der Waals surface area (Å²) >= 11 is 0. The smallest absolute Gasteiger partial charge is 0.437 e. The third kappa shape index (κ3) is 4.92. The van der Waals surface area contributed by atoms with Crippen LogP contribution in [0, 0.1) is 5.82 Å². The number of methoxy groups -OCH3 is 1. The van der Waals surface area contributed by atoms with Gasteiger partial charge in [0.25, 0.3) is 0 Å². The van der Waals surface area contributed by atoms with Crippen molar-refractivity contribution in [2.45, 2.75) is 50.8 Å². The Kier molecular flexibility index (Phi) is 6.79. The van der Waals surface area contributed by atoms with Gasteiger partial charge in [0, 0.05) is 36.7 Å². The quantitative estimate of drug-likeness (QED) is 0.474. The molecule has 1 atom stereocenters. The number of hydrogen-bond acceptors (Lipinski definition) is 6. The average Bonchev–Trinajstić information content (AvgIpc) is 3.40. The van der Waals surface area contributed by atoms with E-state index in [0.717, 1.165) is 36.9 Å². The number of carbonyl (C=O) groups excluding carboxylic acids is 1. The number of halogens is 1. The molecule has 35 heavy (non-hydrogen) atoms. The van der Waals surface area contributed by atoms with Crippen LogP contribution in [-0.4, -0.2) is 34.8 Å². The lowest BCUT2D eigenvalue weighted by atomic mass is 9.88. The van der Waals surface area contributed by atoms with Crippen molar-refractivity contribution in [1.82, 2.24) is 9.88 Å². The fourth-order valence-corrected chi connectivity index (χ4v) is 5.31. The van der Waals surface area contributed by atoms with Crippen molar-refractivity contribution >= 4 is 6.16 Å². The summed E-state index contributed by atoms with van der Waals surface area (Å²) < 4.78 is 24.3. The first-order valence-electron chi connectivity index (χ1n) is 12.1. The van der Waals surface area contributed by atoms with Crippen LogP contribution in [0.25, 0.3) is 11.1 Å². The maximum absolute atomic E-state index is 13.8. The predicted molar refractivity (Wildman–Crippen MR) is 129 cm³/mol. The van der Waals surface area contributed by atoms with Crippen molar-refractivity contribution in [3.63, 3.8) is 0 Å². The van der Waals surface area contributed by atoms with Crippen molar-refractivity contribution in [3.8, 4) is 16.9 Å². The number of benzene rings is 2. The van der Waals surface area contributed by atoms with Gasteiger partial charge in [0.15, 0.2) is 5.75 Å². The molecule has 0 saturated heterocycles. The van der Waals surface area contributed by atoms with Gasteiger partial charge in [-0.25, -0.2) is 9.18 Å². The number of carbonyl (C=O) groups is 1. The van der Waals surface area contributed by atoms with E-state index in [-0.39, 0.29) is 11.7 Å². The van der Waals surface area contributed by atoms with Crippen LogP contribution in [0.1, 0.15) is 60.2 Å². The zero-order chi connectivity index (χ0) is 24.4. The molecule has 2 aliphatic rings. The summed E-state index contributed by atoms with van der Waals surface area (Å²) in [5.41, 5.74) is 4.51. The van der Waals surface area contributed by atoms with Crippen LogP contribution in [0.2, 0.25) is 0 Å². The Labute approximate surface area is 204 Å². The molecule has 1 unspecified atom stereocenters. The minimum atomic E-state index is -0.854. The molecular weight excluding hydrogens is 447 g/mol. The number of rotatable bonds is 5. The van der Waals surface area contributed by atoms with E-state index in [4.69, 9.17) is 14.5 Å². The maximum Gasteiger partial charge on any atom is 0.513 e. The van der Waals surface area contributed by atoms with Crippen LogP contribution < -0.4 is 4.74 Å². The minimum absolute atomic E-state index is 0.140. The fraction of sp³-hybridized carbons (Fsp3) is 0.357. The van der Waals surface area contributed by atoms with Gasteiger partial charge in [-0.1, -0.05) is 55.3 Å². The summed E-state index contributed by atoms with van der Waals surface area (Å²) in [5, 5.41) is 11.4. The van der Waals surface area contributed by atoms with Crippen molar-refractivity contribution < 1.29 is 23.8 Å². The second kappa shape index (κ2) is 10.1. The molecule has 1 aromatic heterocycles. The molecule has 0 bridgehead atoms. The molecule has 0 amide bonds. The van der Waals surface area contributed by atoms with E-state index in [1.807, 2.05) is 18.2 Å². The second-order valence-corrected chi connectivity index (χ2v) is 9.28. The Hall–Kier alpha value is -3.29. The van der Waals surface area contributed by atoms with Crippen molar-refractivity contribution in [2.24, 2.45) is 0 Å². The van der Waals surface area contributed by atoms with Crippen LogP contribution >= 0.6 is 0 Å². The molecule has 2 aromatic carbocycles. The number of hydrogen-bond donors (Lipinski definition) is 1. The first-order chi connectivity index (χ1) is 17.0. The molecule has 0 spiro atoms. The van der Waals surface area contributed by atoms with Crippen molar-refractivity contribution in [2.75, 3.05) is 13.7 Å². The molecule has 182 valence electrons. The number of fused-ring (bicyclic) bond motifs is 1. The molecule has 3 aromatic rings. The van der Waals surface area contributed by atoms with Gasteiger partial charge in [0.2, 0.25) is 0 Å². The SMILES string of the molecule is COC(=O)Oc1c(C2CCCC2)nc2c(c1-c1ccc(F)cc1)C(O)CN(Cc1ccccc1)C2. The molecule has 6 nitrogen and oxygen atoms in total. The first kappa shape index (κ1) is 23.5. The van der Waals surface area contributed by atoms with Gasteiger partial charge in [0.1, 0.15) is 5.82 Å². The number of nitrogens with zero attached hydrogens (tertiary/aromatic N) is 2. The zero-order valence-electron chi connectivity index (χ0n) is 19.7.